The lowest BCUT2D eigenvalue weighted by atomic mass is 9.99. The van der Waals surface area contributed by atoms with E-state index in [2.05, 4.69) is 20.8 Å². The van der Waals surface area contributed by atoms with Gasteiger partial charge < -0.3 is 10.2 Å². The van der Waals surface area contributed by atoms with Gasteiger partial charge in [0.2, 0.25) is 0 Å². The van der Waals surface area contributed by atoms with Crippen molar-refractivity contribution < 1.29 is 9.00 Å². The molecule has 0 spiro atoms. The minimum absolute atomic E-state index is 0.318. The second-order valence-electron chi connectivity index (χ2n) is 8.15. The predicted octanol–water partition coefficient (Wildman–Crippen LogP) is 2.63. The van der Waals surface area contributed by atoms with Crippen molar-refractivity contribution in [1.29, 1.82) is 0 Å². The number of urea groups is 1. The lowest BCUT2D eigenvalue weighted by Crippen LogP contribution is -2.30. The molecule has 9 heteroatoms. The highest BCUT2D eigenvalue weighted by Gasteiger charge is 2.27. The number of carbonyl (C=O) groups excluding carboxylic acids is 1. The number of nitrogens with zero attached hydrogens (tertiary/aromatic N) is 4. The number of aryl methyl sites for hydroxylation is 3. The van der Waals surface area contributed by atoms with Crippen LogP contribution in [0.1, 0.15) is 41.5 Å². The zero-order chi connectivity index (χ0) is 20.2. The molecule has 1 aromatic heterocycles. The minimum atomic E-state index is -3.40. The Kier molecular flexibility index (Phi) is 4.40. The fourth-order valence-electron chi connectivity index (χ4n) is 4.95. The van der Waals surface area contributed by atoms with Crippen LogP contribution in [0.4, 0.5) is 16.3 Å². The predicted molar refractivity (Wildman–Crippen MR) is 113 cm³/mol. The van der Waals surface area contributed by atoms with Crippen molar-refractivity contribution in [1.82, 2.24) is 9.78 Å². The highest BCUT2D eigenvalue weighted by atomic mass is 32.2. The second-order valence-corrected chi connectivity index (χ2v) is 9.91. The standard InChI is InChI=1S/C20H26N6O2S/c1-25-9-4-10-26-19(25)17(12-22-26)29(21,28)24-20(27)23-18-15-7-2-5-13(15)11-14-6-3-8-16(14)18/h11-12H,2-10H2,1H3,(H3,21,23,24,27,28)/t29-/m0/s1. The number of hydrogen-bond donors (Lipinski definition) is 2. The van der Waals surface area contributed by atoms with Crippen molar-refractivity contribution in [3.8, 4) is 0 Å². The summed E-state index contributed by atoms with van der Waals surface area (Å²) in [5, 5.41) is 13.3. The maximum atomic E-state index is 13.2. The third kappa shape index (κ3) is 3.12. The molecule has 2 aromatic rings. The summed E-state index contributed by atoms with van der Waals surface area (Å²) >= 11 is 0. The number of benzene rings is 1. The molecule has 0 fully saturated rings. The first kappa shape index (κ1) is 18.6. The van der Waals surface area contributed by atoms with Crippen LogP contribution in [-0.2, 0) is 42.1 Å². The molecule has 3 aliphatic rings. The third-order valence-electron chi connectivity index (χ3n) is 6.24. The molecule has 0 saturated carbocycles. The lowest BCUT2D eigenvalue weighted by Gasteiger charge is -2.26. The van der Waals surface area contributed by atoms with Crippen molar-refractivity contribution in [2.24, 2.45) is 9.50 Å². The van der Waals surface area contributed by atoms with E-state index in [1.54, 1.807) is 4.68 Å². The topological polar surface area (TPSA) is 106 Å². The van der Waals surface area contributed by atoms with Crippen LogP contribution < -0.4 is 15.4 Å². The number of aromatic nitrogens is 2. The van der Waals surface area contributed by atoms with Gasteiger partial charge >= 0.3 is 6.03 Å². The van der Waals surface area contributed by atoms with Crippen LogP contribution >= 0.6 is 0 Å². The van der Waals surface area contributed by atoms with Crippen LogP contribution in [0.3, 0.4) is 0 Å². The van der Waals surface area contributed by atoms with Crippen LogP contribution in [0.15, 0.2) is 21.5 Å². The van der Waals surface area contributed by atoms with Gasteiger partial charge in [-0.25, -0.2) is 18.8 Å². The van der Waals surface area contributed by atoms with Gasteiger partial charge in [-0.05, 0) is 67.2 Å². The lowest BCUT2D eigenvalue weighted by molar-refractivity contribution is 0.260. The SMILES string of the molecule is CN1CCCn2ncc([S@@](N)(=O)=NC(=O)Nc3c4c(cc5c3CCC5)CCC4)c21. The molecule has 0 saturated heterocycles. The molecule has 29 heavy (non-hydrogen) atoms. The van der Waals surface area contributed by atoms with E-state index in [1.165, 1.54) is 28.5 Å². The van der Waals surface area contributed by atoms with Crippen LogP contribution in [0.5, 0.6) is 0 Å². The summed E-state index contributed by atoms with van der Waals surface area (Å²) < 4.78 is 18.9. The Morgan fingerprint density at radius 1 is 1.14 bits per heavy atom. The van der Waals surface area contributed by atoms with Crippen LogP contribution in [0.2, 0.25) is 0 Å². The molecule has 0 unspecified atom stereocenters. The minimum Gasteiger partial charge on any atom is -0.359 e. The summed E-state index contributed by atoms with van der Waals surface area (Å²) in [6, 6.07) is 1.66. The average Bonchev–Trinajstić information content (AvgIpc) is 3.40. The van der Waals surface area contributed by atoms with Crippen molar-refractivity contribution >= 4 is 27.5 Å². The smallest absolute Gasteiger partial charge is 0.354 e. The fraction of sp³-hybridized carbons (Fsp3) is 0.500. The van der Waals surface area contributed by atoms with Crippen molar-refractivity contribution in [2.45, 2.75) is 56.4 Å². The quantitative estimate of drug-likeness (QED) is 0.788. The molecule has 3 N–H and O–H groups in total. The number of hydrogen-bond acceptors (Lipinski definition) is 4. The Labute approximate surface area is 170 Å². The summed E-state index contributed by atoms with van der Waals surface area (Å²) in [7, 11) is -1.50. The van der Waals surface area contributed by atoms with E-state index in [0.29, 0.717) is 10.7 Å². The number of nitrogens with one attached hydrogen (secondary N) is 1. The highest BCUT2D eigenvalue weighted by Crippen LogP contribution is 2.38. The fourth-order valence-corrected chi connectivity index (χ4v) is 6.06. The van der Waals surface area contributed by atoms with E-state index < -0.39 is 15.9 Å². The number of rotatable bonds is 2. The van der Waals surface area contributed by atoms with Gasteiger partial charge in [0, 0.05) is 25.8 Å². The molecule has 1 aromatic carbocycles. The Morgan fingerprint density at radius 3 is 2.52 bits per heavy atom. The zero-order valence-electron chi connectivity index (χ0n) is 16.6. The first-order valence-electron chi connectivity index (χ1n) is 10.2. The molecule has 5 rings (SSSR count). The number of fused-ring (bicyclic) bond motifs is 3. The van der Waals surface area contributed by atoms with E-state index in [1.807, 2.05) is 11.9 Å². The summed E-state index contributed by atoms with van der Waals surface area (Å²) in [5.74, 6) is 0.682. The van der Waals surface area contributed by atoms with E-state index in [0.717, 1.165) is 63.7 Å². The molecule has 2 aliphatic carbocycles. The van der Waals surface area contributed by atoms with Crippen molar-refractivity contribution in [3.05, 3.63) is 34.5 Å². The van der Waals surface area contributed by atoms with Gasteiger partial charge in [0.25, 0.3) is 0 Å². The normalized spacial score (nSPS) is 19.3. The molecule has 2 heterocycles. The maximum Gasteiger partial charge on any atom is 0.354 e. The van der Waals surface area contributed by atoms with Gasteiger partial charge in [0.15, 0.2) is 0 Å². The van der Waals surface area contributed by atoms with Crippen LogP contribution in [0, 0.1) is 0 Å². The van der Waals surface area contributed by atoms with Crippen LogP contribution in [0.25, 0.3) is 0 Å². The first-order chi connectivity index (χ1) is 13.9. The van der Waals surface area contributed by atoms with Crippen LogP contribution in [-0.4, -0.2) is 33.6 Å². The molecule has 8 nitrogen and oxygen atoms in total. The summed E-state index contributed by atoms with van der Waals surface area (Å²) in [6.45, 7) is 1.56. The van der Waals surface area contributed by atoms with E-state index in [-0.39, 0.29) is 0 Å². The van der Waals surface area contributed by atoms with Gasteiger partial charge in [0.1, 0.15) is 20.6 Å². The zero-order valence-corrected chi connectivity index (χ0v) is 17.4. The number of anilines is 2. The van der Waals surface area contributed by atoms with Crippen molar-refractivity contribution in [3.63, 3.8) is 0 Å². The van der Waals surface area contributed by atoms with E-state index >= 15 is 0 Å². The maximum absolute atomic E-state index is 13.2. The Bertz CT molecular complexity index is 1100. The monoisotopic (exact) mass is 414 g/mol. The summed E-state index contributed by atoms with van der Waals surface area (Å²) in [5.41, 5.74) is 5.94. The Balaban J connectivity index is 1.50. The Hall–Kier alpha value is -2.39. The van der Waals surface area contributed by atoms with E-state index in [9.17, 15) is 9.00 Å². The van der Waals surface area contributed by atoms with Crippen molar-refractivity contribution in [2.75, 3.05) is 23.8 Å². The molecular weight excluding hydrogens is 388 g/mol. The van der Waals surface area contributed by atoms with Gasteiger partial charge in [-0.1, -0.05) is 6.07 Å². The number of nitrogens with two attached hydrogens (primary N) is 1. The Morgan fingerprint density at radius 2 is 1.83 bits per heavy atom. The average molecular weight is 415 g/mol. The molecule has 2 amide bonds. The van der Waals surface area contributed by atoms with Gasteiger partial charge in [-0.15, -0.1) is 4.36 Å². The van der Waals surface area contributed by atoms with Gasteiger partial charge in [-0.3, -0.25) is 0 Å². The van der Waals surface area contributed by atoms with E-state index in [4.69, 9.17) is 5.14 Å². The largest absolute Gasteiger partial charge is 0.359 e. The summed E-state index contributed by atoms with van der Waals surface area (Å²) in [4.78, 5) is 15.1. The highest BCUT2D eigenvalue weighted by molar-refractivity contribution is 7.91. The molecule has 1 aliphatic heterocycles. The number of carbonyl (C=O) groups is 1. The first-order valence-corrected chi connectivity index (χ1v) is 11.8. The molecule has 0 radical (unpaired) electrons. The molecule has 1 atom stereocenters. The molecule has 0 bridgehead atoms. The van der Waals surface area contributed by atoms with Gasteiger partial charge in [0.05, 0.1) is 6.20 Å². The molecule has 154 valence electrons. The number of amides is 2. The summed E-state index contributed by atoms with van der Waals surface area (Å²) in [6.07, 6.45) is 8.64. The second kappa shape index (κ2) is 6.84. The molecular formula is C20H26N6O2S. The van der Waals surface area contributed by atoms with Gasteiger partial charge in [-0.2, -0.15) is 5.10 Å². The third-order valence-corrected chi connectivity index (χ3v) is 7.60.